The van der Waals surface area contributed by atoms with E-state index in [4.69, 9.17) is 10.2 Å². The summed E-state index contributed by atoms with van der Waals surface area (Å²) in [5.41, 5.74) is 7.59. The van der Waals surface area contributed by atoms with Gasteiger partial charge in [-0.15, -0.1) is 12.4 Å². The predicted molar refractivity (Wildman–Crippen MR) is 103 cm³/mol. The molecule has 1 amide bonds. The normalized spacial score (nSPS) is 17.7. The van der Waals surface area contributed by atoms with Crippen LogP contribution in [-0.2, 0) is 0 Å². The van der Waals surface area contributed by atoms with Crippen molar-refractivity contribution in [2.45, 2.75) is 32.2 Å². The number of carbonyl (C=O) groups excluding carboxylic acids is 1. The highest BCUT2D eigenvalue weighted by Gasteiger charge is 2.30. The summed E-state index contributed by atoms with van der Waals surface area (Å²) < 4.78 is 6.09. The molecule has 0 saturated carbocycles. The number of halogens is 1. The first-order valence-electron chi connectivity index (χ1n) is 8.62. The molecule has 1 aliphatic rings. The zero-order valence-corrected chi connectivity index (χ0v) is 15.1. The van der Waals surface area contributed by atoms with Crippen molar-refractivity contribution in [3.63, 3.8) is 0 Å². The number of amides is 1. The number of nitrogens with zero attached hydrogens (tertiary/aromatic N) is 1. The summed E-state index contributed by atoms with van der Waals surface area (Å²) in [6.07, 6.45) is 3.14. The fourth-order valence-corrected chi connectivity index (χ4v) is 3.80. The lowest BCUT2D eigenvalue weighted by Gasteiger charge is -2.34. The van der Waals surface area contributed by atoms with Gasteiger partial charge in [0, 0.05) is 35.5 Å². The van der Waals surface area contributed by atoms with Crippen LogP contribution in [0.2, 0.25) is 0 Å². The van der Waals surface area contributed by atoms with E-state index < -0.39 is 0 Å². The highest BCUT2D eigenvalue weighted by atomic mass is 35.5. The minimum Gasteiger partial charge on any atom is -0.450 e. The molecule has 2 heterocycles. The van der Waals surface area contributed by atoms with Crippen LogP contribution in [0.3, 0.4) is 0 Å². The average Bonchev–Trinajstić information content (AvgIpc) is 2.98. The Kier molecular flexibility index (Phi) is 5.02. The molecule has 0 bridgehead atoms. The van der Waals surface area contributed by atoms with Gasteiger partial charge in [0.25, 0.3) is 5.91 Å². The third-order valence-corrected chi connectivity index (χ3v) is 5.18. The van der Waals surface area contributed by atoms with E-state index in [1.807, 2.05) is 36.1 Å². The van der Waals surface area contributed by atoms with Gasteiger partial charge in [0.2, 0.25) is 0 Å². The molecule has 2 N–H and O–H groups in total. The van der Waals surface area contributed by atoms with Crippen LogP contribution < -0.4 is 5.73 Å². The lowest BCUT2D eigenvalue weighted by molar-refractivity contribution is 0.0592. The van der Waals surface area contributed by atoms with Gasteiger partial charge >= 0.3 is 0 Å². The van der Waals surface area contributed by atoms with Crippen molar-refractivity contribution in [3.8, 4) is 0 Å². The van der Waals surface area contributed by atoms with E-state index in [1.165, 1.54) is 0 Å². The molecule has 1 atom stereocenters. The van der Waals surface area contributed by atoms with Gasteiger partial charge in [-0.3, -0.25) is 4.79 Å². The van der Waals surface area contributed by atoms with E-state index in [0.29, 0.717) is 12.3 Å². The molecule has 5 heteroatoms. The maximum Gasteiger partial charge on any atom is 0.290 e. The van der Waals surface area contributed by atoms with E-state index in [-0.39, 0.29) is 24.4 Å². The lowest BCUT2D eigenvalue weighted by Crippen LogP contribution is -2.47. The molecule has 3 aromatic rings. The second kappa shape index (κ2) is 7.06. The first-order chi connectivity index (χ1) is 11.7. The zero-order chi connectivity index (χ0) is 16.7. The van der Waals surface area contributed by atoms with E-state index in [0.717, 1.165) is 53.1 Å². The van der Waals surface area contributed by atoms with Crippen molar-refractivity contribution in [1.82, 2.24) is 4.90 Å². The van der Waals surface area contributed by atoms with Gasteiger partial charge in [0.05, 0.1) is 0 Å². The monoisotopic (exact) mass is 358 g/mol. The highest BCUT2D eigenvalue weighted by molar-refractivity contribution is 6.08. The molecule has 0 aliphatic carbocycles. The molecule has 2 aromatic carbocycles. The number of hydrogen-bond acceptors (Lipinski definition) is 3. The summed E-state index contributed by atoms with van der Waals surface area (Å²) in [6.45, 7) is 3.24. The standard InChI is InChI=1S/C20H22N2O2.ClH/c1-13-16-10-9-14-6-2-3-8-17(14)19(16)24-18(13)20(23)22-11-5-4-7-15(22)12-21;/h2-3,6,8-10,15H,4-5,7,11-12,21H2,1H3;1H. The van der Waals surface area contributed by atoms with E-state index in [9.17, 15) is 4.79 Å². The Morgan fingerprint density at radius 2 is 2.00 bits per heavy atom. The van der Waals surface area contributed by atoms with Crippen molar-refractivity contribution in [3.05, 3.63) is 47.7 Å². The first-order valence-corrected chi connectivity index (χ1v) is 8.62. The Morgan fingerprint density at radius 1 is 1.20 bits per heavy atom. The van der Waals surface area contributed by atoms with Gasteiger partial charge in [-0.2, -0.15) is 0 Å². The maximum absolute atomic E-state index is 13.1. The molecule has 1 saturated heterocycles. The second-order valence-electron chi connectivity index (χ2n) is 6.60. The number of furan rings is 1. The van der Waals surface area contributed by atoms with Crippen LogP contribution in [0, 0.1) is 6.92 Å². The number of fused-ring (bicyclic) bond motifs is 3. The molecular formula is C20H23ClN2O2. The third-order valence-electron chi connectivity index (χ3n) is 5.18. The van der Waals surface area contributed by atoms with Crippen molar-refractivity contribution in [1.29, 1.82) is 0 Å². The van der Waals surface area contributed by atoms with E-state index in [2.05, 4.69) is 12.1 Å². The van der Waals surface area contributed by atoms with Crippen molar-refractivity contribution < 1.29 is 9.21 Å². The van der Waals surface area contributed by atoms with E-state index >= 15 is 0 Å². The fraction of sp³-hybridized carbons (Fsp3) is 0.350. The van der Waals surface area contributed by atoms with Crippen LogP contribution in [0.4, 0.5) is 0 Å². The largest absolute Gasteiger partial charge is 0.450 e. The van der Waals surface area contributed by atoms with Crippen molar-refractivity contribution >= 4 is 40.1 Å². The molecule has 1 fully saturated rings. The molecule has 4 rings (SSSR count). The van der Waals surface area contributed by atoms with E-state index in [1.54, 1.807) is 0 Å². The molecule has 4 nitrogen and oxygen atoms in total. The van der Waals surface area contributed by atoms with Crippen molar-refractivity contribution in [2.24, 2.45) is 5.73 Å². The summed E-state index contributed by atoms with van der Waals surface area (Å²) in [5.74, 6) is 0.435. The molecule has 25 heavy (non-hydrogen) atoms. The summed E-state index contributed by atoms with van der Waals surface area (Å²) in [5, 5.41) is 3.18. The Labute approximate surface area is 153 Å². The minimum atomic E-state index is -0.0251. The maximum atomic E-state index is 13.1. The van der Waals surface area contributed by atoms with Crippen LogP contribution in [0.1, 0.15) is 35.4 Å². The smallest absolute Gasteiger partial charge is 0.290 e. The number of hydrogen-bond donors (Lipinski definition) is 1. The van der Waals surface area contributed by atoms with Gasteiger partial charge < -0.3 is 15.1 Å². The molecular weight excluding hydrogens is 336 g/mol. The molecule has 0 spiro atoms. The van der Waals surface area contributed by atoms with Crippen LogP contribution in [0.25, 0.3) is 21.7 Å². The van der Waals surface area contributed by atoms with Crippen LogP contribution in [-0.4, -0.2) is 29.9 Å². The number of rotatable bonds is 2. The average molecular weight is 359 g/mol. The summed E-state index contributed by atoms with van der Waals surface area (Å²) in [4.78, 5) is 15.0. The second-order valence-corrected chi connectivity index (χ2v) is 6.60. The topological polar surface area (TPSA) is 59.5 Å². The number of carbonyl (C=O) groups is 1. The quantitative estimate of drug-likeness (QED) is 0.744. The molecule has 1 aromatic heterocycles. The third kappa shape index (κ3) is 2.90. The van der Waals surface area contributed by atoms with Gasteiger partial charge in [0.1, 0.15) is 5.58 Å². The molecule has 132 valence electrons. The van der Waals surface area contributed by atoms with Gasteiger partial charge in [-0.25, -0.2) is 0 Å². The van der Waals surface area contributed by atoms with Crippen LogP contribution in [0.5, 0.6) is 0 Å². The highest BCUT2D eigenvalue weighted by Crippen LogP contribution is 2.33. The fourth-order valence-electron chi connectivity index (χ4n) is 3.80. The zero-order valence-electron chi connectivity index (χ0n) is 14.3. The van der Waals surface area contributed by atoms with Gasteiger partial charge in [-0.05, 0) is 31.6 Å². The SMILES string of the molecule is Cc1c(C(=O)N2CCCCC2CN)oc2c1ccc1ccccc12.Cl. The van der Waals surface area contributed by atoms with Crippen LogP contribution >= 0.6 is 12.4 Å². The number of aryl methyl sites for hydroxylation is 1. The summed E-state index contributed by atoms with van der Waals surface area (Å²) in [7, 11) is 0. The lowest BCUT2D eigenvalue weighted by atomic mass is 10.0. The first kappa shape index (κ1) is 17.8. The Morgan fingerprint density at radius 3 is 2.80 bits per heavy atom. The molecule has 1 unspecified atom stereocenters. The predicted octanol–water partition coefficient (Wildman–Crippen LogP) is 4.27. The summed E-state index contributed by atoms with van der Waals surface area (Å²) in [6, 6.07) is 12.4. The Balaban J connectivity index is 0.00000182. The number of piperidine rings is 1. The minimum absolute atomic E-state index is 0. The Bertz CT molecular complexity index is 919. The number of benzene rings is 2. The molecule has 0 radical (unpaired) electrons. The van der Waals surface area contributed by atoms with Crippen molar-refractivity contribution in [2.75, 3.05) is 13.1 Å². The Hall–Kier alpha value is -2.04. The molecule has 1 aliphatic heterocycles. The van der Waals surface area contributed by atoms with Gasteiger partial charge in [0.15, 0.2) is 5.76 Å². The van der Waals surface area contributed by atoms with Gasteiger partial charge in [-0.1, -0.05) is 36.4 Å². The summed E-state index contributed by atoms with van der Waals surface area (Å²) >= 11 is 0. The number of likely N-dealkylation sites (tertiary alicyclic amines) is 1. The van der Waals surface area contributed by atoms with Crippen LogP contribution in [0.15, 0.2) is 40.8 Å². The number of nitrogens with two attached hydrogens (primary N) is 1.